The lowest BCUT2D eigenvalue weighted by atomic mass is 10.1. The Labute approximate surface area is 88.2 Å². The lowest BCUT2D eigenvalue weighted by Crippen LogP contribution is -2.12. The van der Waals surface area contributed by atoms with Crippen molar-refractivity contribution in [3.05, 3.63) is 29.3 Å². The molecule has 0 fully saturated rings. The number of nitrogens with one attached hydrogen (secondary N) is 1. The summed E-state index contributed by atoms with van der Waals surface area (Å²) in [6.45, 7) is 1.66. The molecule has 1 aromatic rings. The van der Waals surface area contributed by atoms with Gasteiger partial charge in [0.2, 0.25) is 0 Å². The highest BCUT2D eigenvalue weighted by atomic mass is 16.5. The summed E-state index contributed by atoms with van der Waals surface area (Å²) < 4.78 is 10.3. The van der Waals surface area contributed by atoms with Crippen molar-refractivity contribution in [3.8, 4) is 5.75 Å². The predicted molar refractivity (Wildman–Crippen MR) is 55.0 cm³/mol. The topological polar surface area (TPSA) is 47.6 Å². The molecule has 0 spiro atoms. The quantitative estimate of drug-likeness (QED) is 0.748. The summed E-state index contributed by atoms with van der Waals surface area (Å²) >= 11 is 0. The Kier molecular flexibility index (Phi) is 2.87. The van der Waals surface area contributed by atoms with Crippen LogP contribution in [-0.2, 0) is 11.3 Å². The lowest BCUT2D eigenvalue weighted by molar-refractivity contribution is 0.0965. The van der Waals surface area contributed by atoms with Crippen LogP contribution in [-0.4, -0.2) is 26.2 Å². The first-order valence-electron chi connectivity index (χ1n) is 4.84. The summed E-state index contributed by atoms with van der Waals surface area (Å²) in [5.41, 5.74) is 1.74. The maximum Gasteiger partial charge on any atom is 0.252 e. The van der Waals surface area contributed by atoms with Crippen LogP contribution >= 0.6 is 0 Å². The second kappa shape index (κ2) is 4.31. The number of benzene rings is 1. The van der Waals surface area contributed by atoms with E-state index in [1.807, 2.05) is 12.1 Å². The Balaban J connectivity index is 2.08. The molecule has 80 valence electrons. The van der Waals surface area contributed by atoms with E-state index in [1.54, 1.807) is 13.2 Å². The fourth-order valence-corrected chi connectivity index (χ4v) is 1.52. The van der Waals surface area contributed by atoms with Gasteiger partial charge in [-0.1, -0.05) is 6.07 Å². The number of methoxy groups -OCH3 is 1. The van der Waals surface area contributed by atoms with E-state index in [-0.39, 0.29) is 5.91 Å². The van der Waals surface area contributed by atoms with Crippen LogP contribution in [0, 0.1) is 0 Å². The van der Waals surface area contributed by atoms with Gasteiger partial charge in [0.05, 0.1) is 6.61 Å². The average Bonchev–Trinajstić information content (AvgIpc) is 2.61. The molecule has 4 heteroatoms. The van der Waals surface area contributed by atoms with Crippen molar-refractivity contribution in [1.82, 2.24) is 5.32 Å². The van der Waals surface area contributed by atoms with Crippen LogP contribution in [0.3, 0.4) is 0 Å². The summed E-state index contributed by atoms with van der Waals surface area (Å²) in [6.07, 6.45) is 0. The maximum absolute atomic E-state index is 11.4. The van der Waals surface area contributed by atoms with Crippen molar-refractivity contribution in [2.45, 2.75) is 6.54 Å². The van der Waals surface area contributed by atoms with E-state index in [2.05, 4.69) is 5.32 Å². The Morgan fingerprint density at radius 1 is 1.40 bits per heavy atom. The van der Waals surface area contributed by atoms with Crippen molar-refractivity contribution in [1.29, 1.82) is 0 Å². The third-order valence-corrected chi connectivity index (χ3v) is 2.32. The van der Waals surface area contributed by atoms with Gasteiger partial charge in [-0.3, -0.25) is 4.79 Å². The number of carbonyl (C=O) groups is 1. The Bertz CT molecular complexity index is 376. The van der Waals surface area contributed by atoms with Crippen molar-refractivity contribution in [2.24, 2.45) is 0 Å². The zero-order valence-electron chi connectivity index (χ0n) is 8.58. The molecule has 15 heavy (non-hydrogen) atoms. The first-order chi connectivity index (χ1) is 7.31. The summed E-state index contributed by atoms with van der Waals surface area (Å²) in [5.74, 6) is 0.685. The van der Waals surface area contributed by atoms with Crippen LogP contribution in [0.5, 0.6) is 5.75 Å². The van der Waals surface area contributed by atoms with Gasteiger partial charge >= 0.3 is 0 Å². The molecule has 0 radical (unpaired) electrons. The number of fused-ring (bicyclic) bond motifs is 1. The fraction of sp³-hybridized carbons (Fsp3) is 0.364. The molecule has 1 amide bonds. The molecule has 1 aliphatic rings. The largest absolute Gasteiger partial charge is 0.491 e. The smallest absolute Gasteiger partial charge is 0.252 e. The Hall–Kier alpha value is -1.55. The zero-order valence-corrected chi connectivity index (χ0v) is 8.58. The minimum absolute atomic E-state index is 0.0257. The first-order valence-corrected chi connectivity index (χ1v) is 4.84. The lowest BCUT2D eigenvalue weighted by Gasteiger charge is -2.06. The van der Waals surface area contributed by atoms with Crippen molar-refractivity contribution < 1.29 is 14.3 Å². The van der Waals surface area contributed by atoms with Gasteiger partial charge in [-0.15, -0.1) is 0 Å². The van der Waals surface area contributed by atoms with Gasteiger partial charge in [0.15, 0.2) is 0 Å². The number of carbonyl (C=O) groups excluding carboxylic acids is 1. The van der Waals surface area contributed by atoms with Crippen LogP contribution in [0.1, 0.15) is 15.9 Å². The molecular formula is C11H13NO3. The molecule has 1 aliphatic heterocycles. The maximum atomic E-state index is 11.4. The van der Waals surface area contributed by atoms with E-state index in [4.69, 9.17) is 9.47 Å². The standard InChI is InChI=1S/C11H13NO3/c1-14-4-5-15-9-3-2-8-7-12-11(13)10(8)6-9/h2-3,6H,4-5,7H2,1H3,(H,12,13). The predicted octanol–water partition coefficient (Wildman–Crippen LogP) is 0.955. The third-order valence-electron chi connectivity index (χ3n) is 2.32. The number of rotatable bonds is 4. The van der Waals surface area contributed by atoms with Crippen LogP contribution in [0.25, 0.3) is 0 Å². The zero-order chi connectivity index (χ0) is 10.7. The van der Waals surface area contributed by atoms with E-state index in [0.29, 0.717) is 31.1 Å². The fourth-order valence-electron chi connectivity index (χ4n) is 1.52. The summed E-state index contributed by atoms with van der Waals surface area (Å²) in [7, 11) is 1.62. The molecule has 2 rings (SSSR count). The molecule has 1 heterocycles. The highest BCUT2D eigenvalue weighted by Gasteiger charge is 2.18. The second-order valence-electron chi connectivity index (χ2n) is 3.34. The minimum atomic E-state index is -0.0257. The second-order valence-corrected chi connectivity index (χ2v) is 3.34. The molecule has 0 aliphatic carbocycles. The van der Waals surface area contributed by atoms with Gasteiger partial charge in [-0.2, -0.15) is 0 Å². The third kappa shape index (κ3) is 2.10. The average molecular weight is 207 g/mol. The first kappa shape index (κ1) is 9.98. The Morgan fingerprint density at radius 3 is 3.07 bits per heavy atom. The van der Waals surface area contributed by atoms with Gasteiger partial charge < -0.3 is 14.8 Å². The van der Waals surface area contributed by atoms with Crippen LogP contribution in [0.15, 0.2) is 18.2 Å². The number of hydrogen-bond donors (Lipinski definition) is 1. The summed E-state index contributed by atoms with van der Waals surface area (Å²) in [6, 6.07) is 5.55. The normalized spacial score (nSPS) is 13.5. The molecule has 0 unspecified atom stereocenters. The number of hydrogen-bond acceptors (Lipinski definition) is 3. The molecular weight excluding hydrogens is 194 g/mol. The van der Waals surface area contributed by atoms with Crippen LogP contribution in [0.4, 0.5) is 0 Å². The van der Waals surface area contributed by atoms with Crippen LogP contribution < -0.4 is 10.1 Å². The van der Waals surface area contributed by atoms with E-state index in [1.165, 1.54) is 0 Å². The highest BCUT2D eigenvalue weighted by molar-refractivity contribution is 5.98. The van der Waals surface area contributed by atoms with Gasteiger partial charge in [0.25, 0.3) is 5.91 Å². The van der Waals surface area contributed by atoms with E-state index >= 15 is 0 Å². The van der Waals surface area contributed by atoms with Crippen molar-refractivity contribution in [2.75, 3.05) is 20.3 Å². The van der Waals surface area contributed by atoms with Gasteiger partial charge in [-0.05, 0) is 17.7 Å². The van der Waals surface area contributed by atoms with E-state index < -0.39 is 0 Å². The number of amides is 1. The summed E-state index contributed by atoms with van der Waals surface area (Å²) in [4.78, 5) is 11.4. The molecule has 0 aromatic heterocycles. The van der Waals surface area contributed by atoms with Gasteiger partial charge in [-0.25, -0.2) is 0 Å². The van der Waals surface area contributed by atoms with Crippen LogP contribution in [0.2, 0.25) is 0 Å². The summed E-state index contributed by atoms with van der Waals surface area (Å²) in [5, 5.41) is 2.76. The molecule has 0 saturated heterocycles. The van der Waals surface area contributed by atoms with Crippen molar-refractivity contribution >= 4 is 5.91 Å². The van der Waals surface area contributed by atoms with Crippen molar-refractivity contribution in [3.63, 3.8) is 0 Å². The Morgan fingerprint density at radius 2 is 2.27 bits per heavy atom. The monoisotopic (exact) mass is 207 g/mol. The van der Waals surface area contributed by atoms with Gasteiger partial charge in [0.1, 0.15) is 12.4 Å². The SMILES string of the molecule is COCCOc1ccc2c(c1)C(=O)NC2. The van der Waals surface area contributed by atoms with E-state index in [9.17, 15) is 4.79 Å². The molecule has 0 bridgehead atoms. The molecule has 0 atom stereocenters. The molecule has 1 aromatic carbocycles. The molecule has 0 saturated carbocycles. The molecule has 4 nitrogen and oxygen atoms in total. The number of ether oxygens (including phenoxy) is 2. The highest BCUT2D eigenvalue weighted by Crippen LogP contribution is 2.21. The molecule has 1 N–H and O–H groups in total. The van der Waals surface area contributed by atoms with Gasteiger partial charge in [0, 0.05) is 19.2 Å². The minimum Gasteiger partial charge on any atom is -0.491 e. The van der Waals surface area contributed by atoms with E-state index in [0.717, 1.165) is 5.56 Å².